The number of carbonyl (C=O) groups excluding carboxylic acids is 1. The molecule has 0 fully saturated rings. The van der Waals surface area contributed by atoms with E-state index in [4.69, 9.17) is 9.84 Å². The number of carboxylic acids is 1. The fourth-order valence-electron chi connectivity index (χ4n) is 2.88. The van der Waals surface area contributed by atoms with Gasteiger partial charge in [-0.3, -0.25) is 5.32 Å². The molecule has 0 aliphatic rings. The number of hydrogen-bond donors (Lipinski definition) is 3. The molecule has 0 spiro atoms. The Bertz CT molecular complexity index is 928. The molecule has 2 aromatic rings. The molecule has 0 heterocycles. The number of aromatic hydroxyl groups is 1. The molecular weight excluding hydrogens is 518 g/mol. The van der Waals surface area contributed by atoms with Gasteiger partial charge in [0.05, 0.1) is 4.47 Å². The molecule has 6 nitrogen and oxygen atoms in total. The fraction of sp³-hybridized carbons (Fsp3) is 0.273. The number of phenols is 1. The first-order valence-corrected chi connectivity index (χ1v) is 10.9. The van der Waals surface area contributed by atoms with Gasteiger partial charge < -0.3 is 14.9 Å². The number of aryl methyl sites for hydroxylation is 1. The van der Waals surface area contributed by atoms with Gasteiger partial charge in [0.2, 0.25) is 0 Å². The van der Waals surface area contributed by atoms with Gasteiger partial charge in [0.15, 0.2) is 0 Å². The van der Waals surface area contributed by atoms with Crippen LogP contribution in [0.2, 0.25) is 0 Å². The van der Waals surface area contributed by atoms with E-state index in [9.17, 15) is 14.7 Å². The van der Waals surface area contributed by atoms with E-state index < -0.39 is 18.2 Å². The second-order valence-electron chi connectivity index (χ2n) is 6.94. The number of rotatable bonds is 8. The molecule has 2 rings (SSSR count). The number of phenolic OH excluding ortho intramolecular Hbond substituents is 1. The average Bonchev–Trinajstić information content (AvgIpc) is 2.68. The fourth-order valence-corrected chi connectivity index (χ4v) is 4.14. The third kappa shape index (κ3) is 7.18. The van der Waals surface area contributed by atoms with Crippen molar-refractivity contribution in [3.05, 3.63) is 68.6 Å². The van der Waals surface area contributed by atoms with Gasteiger partial charge in [0.1, 0.15) is 11.9 Å². The largest absolute Gasteiger partial charge is 0.506 e. The molecule has 0 bridgehead atoms. The third-order valence-corrected chi connectivity index (χ3v) is 5.52. The monoisotopic (exact) mass is 539 g/mol. The zero-order valence-corrected chi connectivity index (χ0v) is 19.7. The molecule has 2 aromatic carbocycles. The van der Waals surface area contributed by atoms with Gasteiger partial charge in [-0.2, -0.15) is 0 Å². The summed E-state index contributed by atoms with van der Waals surface area (Å²) in [4.78, 5) is 23.2. The maximum atomic E-state index is 12.6. The molecule has 3 N–H and O–H groups in total. The van der Waals surface area contributed by atoms with Crippen molar-refractivity contribution in [3.8, 4) is 5.75 Å². The smallest absolute Gasteiger partial charge is 0.412 e. The second-order valence-corrected chi connectivity index (χ2v) is 8.71. The van der Waals surface area contributed by atoms with Gasteiger partial charge in [-0.1, -0.05) is 46.6 Å². The number of hydrogen-bond acceptors (Lipinski definition) is 4. The maximum Gasteiger partial charge on any atom is 0.412 e. The van der Waals surface area contributed by atoms with E-state index in [1.807, 2.05) is 26.0 Å². The van der Waals surface area contributed by atoms with Crippen LogP contribution in [0, 0.1) is 12.8 Å². The second kappa shape index (κ2) is 11.2. The number of nitrogens with one attached hydrogen (secondary N) is 1. The van der Waals surface area contributed by atoms with E-state index >= 15 is 0 Å². The van der Waals surface area contributed by atoms with E-state index in [1.165, 1.54) is 0 Å². The Labute approximate surface area is 192 Å². The Hall–Kier alpha value is -2.32. The van der Waals surface area contributed by atoms with E-state index in [0.717, 1.165) is 11.6 Å². The standard InChI is InChI=1S/C22H23Br2NO5/c1-13-7-9-16(10-8-13)25-22(29)30-21(14(2)5-3-4-6-19(26)27)17-11-15(23)12-18(24)20(17)28/h4,6-12,14,21,28H,3,5H2,1-2H3,(H,25,29)(H,26,27)/b6-4+/t14-,21-/m0/s1. The number of halogens is 2. The molecule has 0 unspecified atom stereocenters. The quantitative estimate of drug-likeness (QED) is 0.329. The van der Waals surface area contributed by atoms with Crippen molar-refractivity contribution in [2.45, 2.75) is 32.8 Å². The van der Waals surface area contributed by atoms with Gasteiger partial charge in [0, 0.05) is 21.8 Å². The van der Waals surface area contributed by atoms with Crippen LogP contribution in [-0.4, -0.2) is 22.3 Å². The molecule has 1 amide bonds. The van der Waals surface area contributed by atoms with Crippen LogP contribution in [0.15, 0.2) is 57.5 Å². The molecule has 160 valence electrons. The predicted molar refractivity (Wildman–Crippen MR) is 123 cm³/mol. The Morgan fingerprint density at radius 3 is 2.50 bits per heavy atom. The first kappa shape index (κ1) is 24.0. The van der Waals surface area contributed by atoms with Crippen molar-refractivity contribution in [2.24, 2.45) is 5.92 Å². The highest BCUT2D eigenvalue weighted by Crippen LogP contribution is 2.40. The highest BCUT2D eigenvalue weighted by atomic mass is 79.9. The van der Waals surface area contributed by atoms with Gasteiger partial charge in [-0.05, 0) is 65.9 Å². The number of carboxylic acid groups (broad SMARTS) is 1. The Morgan fingerprint density at radius 2 is 1.87 bits per heavy atom. The highest BCUT2D eigenvalue weighted by molar-refractivity contribution is 9.11. The minimum absolute atomic E-state index is 0.0146. The summed E-state index contributed by atoms with van der Waals surface area (Å²) in [5.41, 5.74) is 2.12. The van der Waals surface area contributed by atoms with E-state index in [0.29, 0.717) is 33.0 Å². The Balaban J connectivity index is 2.23. The lowest BCUT2D eigenvalue weighted by Crippen LogP contribution is -2.22. The van der Waals surface area contributed by atoms with Crippen LogP contribution < -0.4 is 5.32 Å². The van der Waals surface area contributed by atoms with E-state index in [-0.39, 0.29) is 11.7 Å². The van der Waals surface area contributed by atoms with Gasteiger partial charge in [-0.15, -0.1) is 0 Å². The lowest BCUT2D eigenvalue weighted by Gasteiger charge is -2.26. The summed E-state index contributed by atoms with van der Waals surface area (Å²) in [7, 11) is 0. The van der Waals surface area contributed by atoms with Crippen molar-refractivity contribution in [3.63, 3.8) is 0 Å². The summed E-state index contributed by atoms with van der Waals surface area (Å²) in [5.74, 6) is -1.22. The van der Waals surface area contributed by atoms with Crippen LogP contribution in [0.25, 0.3) is 0 Å². The zero-order valence-electron chi connectivity index (χ0n) is 16.6. The number of amides is 1. The van der Waals surface area contributed by atoms with Crippen LogP contribution in [0.4, 0.5) is 10.5 Å². The molecule has 0 aliphatic carbocycles. The number of aliphatic carboxylic acids is 1. The number of ether oxygens (including phenoxy) is 1. The molecule has 0 aromatic heterocycles. The van der Waals surface area contributed by atoms with Crippen LogP contribution in [0.3, 0.4) is 0 Å². The molecule has 8 heteroatoms. The lowest BCUT2D eigenvalue weighted by atomic mass is 9.92. The van der Waals surface area contributed by atoms with Gasteiger partial charge in [-0.25, -0.2) is 9.59 Å². The Morgan fingerprint density at radius 1 is 1.20 bits per heavy atom. The zero-order chi connectivity index (χ0) is 22.3. The predicted octanol–water partition coefficient (Wildman–Crippen LogP) is 6.57. The maximum absolute atomic E-state index is 12.6. The molecule has 0 saturated heterocycles. The topological polar surface area (TPSA) is 95.9 Å². The molecule has 2 atom stereocenters. The normalized spacial score (nSPS) is 13.1. The minimum Gasteiger partial charge on any atom is -0.506 e. The first-order valence-electron chi connectivity index (χ1n) is 9.29. The van der Waals surface area contributed by atoms with E-state index in [2.05, 4.69) is 37.2 Å². The molecular formula is C22H23Br2NO5. The average molecular weight is 541 g/mol. The highest BCUT2D eigenvalue weighted by Gasteiger charge is 2.27. The van der Waals surface area contributed by atoms with Crippen LogP contribution in [0.1, 0.15) is 37.0 Å². The summed E-state index contributed by atoms with van der Waals surface area (Å²) in [5, 5.41) is 22.0. The summed E-state index contributed by atoms with van der Waals surface area (Å²) < 4.78 is 6.89. The Kier molecular flexibility index (Phi) is 8.92. The lowest BCUT2D eigenvalue weighted by molar-refractivity contribution is -0.131. The summed E-state index contributed by atoms with van der Waals surface area (Å²) in [6.07, 6.45) is 2.28. The third-order valence-electron chi connectivity index (χ3n) is 4.46. The summed E-state index contributed by atoms with van der Waals surface area (Å²) in [6.45, 7) is 3.83. The van der Waals surface area contributed by atoms with Gasteiger partial charge >= 0.3 is 12.1 Å². The van der Waals surface area contributed by atoms with Crippen molar-refractivity contribution in [1.82, 2.24) is 0 Å². The number of carbonyl (C=O) groups is 2. The summed E-state index contributed by atoms with van der Waals surface area (Å²) in [6, 6.07) is 10.7. The molecule has 0 saturated carbocycles. The first-order chi connectivity index (χ1) is 14.2. The van der Waals surface area contributed by atoms with Crippen LogP contribution in [-0.2, 0) is 9.53 Å². The number of benzene rings is 2. The van der Waals surface area contributed by atoms with E-state index in [1.54, 1.807) is 30.3 Å². The SMILES string of the molecule is Cc1ccc(NC(=O)O[C@H](c2cc(Br)cc(Br)c2O)[C@@H](C)CC/C=C/C(=O)O)cc1. The molecule has 30 heavy (non-hydrogen) atoms. The molecule has 0 radical (unpaired) electrons. The van der Waals surface area contributed by atoms with Crippen LogP contribution >= 0.6 is 31.9 Å². The van der Waals surface area contributed by atoms with Gasteiger partial charge in [0.25, 0.3) is 0 Å². The van der Waals surface area contributed by atoms with Crippen LogP contribution in [0.5, 0.6) is 5.75 Å². The number of allylic oxidation sites excluding steroid dienone is 1. The molecule has 0 aliphatic heterocycles. The van der Waals surface area contributed by atoms with Crippen molar-refractivity contribution in [1.29, 1.82) is 0 Å². The number of anilines is 1. The van der Waals surface area contributed by atoms with Crippen molar-refractivity contribution in [2.75, 3.05) is 5.32 Å². The van der Waals surface area contributed by atoms with Crippen molar-refractivity contribution >= 4 is 49.6 Å². The summed E-state index contributed by atoms with van der Waals surface area (Å²) >= 11 is 6.71. The minimum atomic E-state index is -1.01. The van der Waals surface area contributed by atoms with Crippen molar-refractivity contribution < 1.29 is 24.5 Å².